The van der Waals surface area contributed by atoms with Gasteiger partial charge >= 0.3 is 5.97 Å². The third-order valence-corrected chi connectivity index (χ3v) is 2.68. The number of rotatable bonds is 6. The van der Waals surface area contributed by atoms with Gasteiger partial charge in [0.2, 0.25) is 6.43 Å². The van der Waals surface area contributed by atoms with E-state index in [0.29, 0.717) is 0 Å². The maximum atomic E-state index is 12.2. The van der Waals surface area contributed by atoms with Crippen LogP contribution in [0.15, 0.2) is 18.2 Å². The Kier molecular flexibility index (Phi) is 5.28. The number of nitro benzene ring substituents is 1. The molecule has 1 rings (SSSR count). The average Bonchev–Trinajstić information content (AvgIpc) is 2.36. The summed E-state index contributed by atoms with van der Waals surface area (Å²) in [5.74, 6) is -2.46. The Bertz CT molecular complexity index is 577. The molecule has 1 atom stereocenters. The Morgan fingerprint density at radius 3 is 2.48 bits per heavy atom. The van der Waals surface area contributed by atoms with Crippen LogP contribution in [0.1, 0.15) is 22.3 Å². The number of alkyl halides is 2. The molecule has 1 amide bonds. The first kappa shape index (κ1) is 16.5. The van der Waals surface area contributed by atoms with Crippen LogP contribution in [0.25, 0.3) is 0 Å². The molecule has 1 aromatic carbocycles. The van der Waals surface area contributed by atoms with Crippen LogP contribution in [0.3, 0.4) is 0 Å². The van der Waals surface area contributed by atoms with Crippen molar-refractivity contribution in [1.82, 2.24) is 5.32 Å². The van der Waals surface area contributed by atoms with Crippen LogP contribution in [-0.2, 0) is 4.79 Å². The number of nitrogens with zero attached hydrogens (tertiary/aromatic N) is 1. The Morgan fingerprint density at radius 2 is 2.05 bits per heavy atom. The molecule has 0 aliphatic carbocycles. The van der Waals surface area contributed by atoms with E-state index < -0.39 is 35.7 Å². The fourth-order valence-electron chi connectivity index (χ4n) is 1.65. The first-order chi connectivity index (χ1) is 9.72. The number of amides is 1. The number of nitrogens with one attached hydrogen (secondary N) is 1. The molecule has 0 spiro atoms. The summed E-state index contributed by atoms with van der Waals surface area (Å²) in [6.07, 6.45) is -3.91. The van der Waals surface area contributed by atoms with Crippen LogP contribution < -0.4 is 5.32 Å². The SMILES string of the molecule is Cc1cc([N+](=O)[O-])ccc1C(=O)NC(CC(F)F)C(=O)O. The Morgan fingerprint density at radius 1 is 1.43 bits per heavy atom. The van der Waals surface area contributed by atoms with E-state index in [1.54, 1.807) is 0 Å². The zero-order valence-corrected chi connectivity index (χ0v) is 10.9. The lowest BCUT2D eigenvalue weighted by Gasteiger charge is -2.14. The van der Waals surface area contributed by atoms with Crippen molar-refractivity contribution in [2.24, 2.45) is 0 Å². The van der Waals surface area contributed by atoms with E-state index in [4.69, 9.17) is 5.11 Å². The van der Waals surface area contributed by atoms with Gasteiger partial charge in [-0.15, -0.1) is 0 Å². The molecule has 0 radical (unpaired) electrons. The summed E-state index contributed by atoms with van der Waals surface area (Å²) in [5.41, 5.74) is -0.00424. The lowest BCUT2D eigenvalue weighted by molar-refractivity contribution is -0.384. The maximum Gasteiger partial charge on any atom is 0.326 e. The third-order valence-electron chi connectivity index (χ3n) is 2.68. The van der Waals surface area contributed by atoms with Crippen molar-refractivity contribution in [3.8, 4) is 0 Å². The minimum Gasteiger partial charge on any atom is -0.480 e. The van der Waals surface area contributed by atoms with Gasteiger partial charge in [-0.2, -0.15) is 0 Å². The van der Waals surface area contributed by atoms with E-state index in [2.05, 4.69) is 0 Å². The van der Waals surface area contributed by atoms with Crippen molar-refractivity contribution < 1.29 is 28.4 Å². The smallest absolute Gasteiger partial charge is 0.326 e. The number of nitro groups is 1. The van der Waals surface area contributed by atoms with Gasteiger partial charge in [-0.25, -0.2) is 13.6 Å². The monoisotopic (exact) mass is 302 g/mol. The van der Waals surface area contributed by atoms with Gasteiger partial charge in [0.05, 0.1) is 4.92 Å². The van der Waals surface area contributed by atoms with Crippen LogP contribution in [0, 0.1) is 17.0 Å². The zero-order chi connectivity index (χ0) is 16.2. The molecule has 0 aliphatic rings. The van der Waals surface area contributed by atoms with E-state index in [-0.39, 0.29) is 16.8 Å². The van der Waals surface area contributed by atoms with E-state index in [9.17, 15) is 28.5 Å². The average molecular weight is 302 g/mol. The van der Waals surface area contributed by atoms with E-state index in [1.807, 2.05) is 5.32 Å². The summed E-state index contributed by atoms with van der Waals surface area (Å²) < 4.78 is 24.5. The van der Waals surface area contributed by atoms with Crippen LogP contribution in [-0.4, -0.2) is 34.4 Å². The summed E-state index contributed by atoms with van der Waals surface area (Å²) in [6, 6.07) is 1.62. The number of carbonyl (C=O) groups is 2. The number of aryl methyl sites for hydroxylation is 1. The molecular formula is C12H12F2N2O5. The Hall–Kier alpha value is -2.58. The topological polar surface area (TPSA) is 110 Å². The largest absolute Gasteiger partial charge is 0.480 e. The number of halogens is 2. The molecule has 7 nitrogen and oxygen atoms in total. The number of non-ortho nitro benzene ring substituents is 1. The molecule has 0 fully saturated rings. The quantitative estimate of drug-likeness (QED) is 0.614. The normalized spacial score (nSPS) is 12.0. The van der Waals surface area contributed by atoms with Gasteiger partial charge in [-0.05, 0) is 18.6 Å². The molecular weight excluding hydrogens is 290 g/mol. The number of carbonyl (C=O) groups excluding carboxylic acids is 1. The second-order valence-electron chi connectivity index (χ2n) is 4.25. The van der Waals surface area contributed by atoms with Crippen LogP contribution in [0.4, 0.5) is 14.5 Å². The van der Waals surface area contributed by atoms with Crippen molar-refractivity contribution in [1.29, 1.82) is 0 Å². The summed E-state index contributed by atoms with van der Waals surface area (Å²) >= 11 is 0. The molecule has 0 saturated carbocycles. The van der Waals surface area contributed by atoms with Gasteiger partial charge < -0.3 is 10.4 Å². The van der Waals surface area contributed by atoms with Gasteiger partial charge in [0.25, 0.3) is 11.6 Å². The fraction of sp³-hybridized carbons (Fsp3) is 0.333. The second-order valence-corrected chi connectivity index (χ2v) is 4.25. The lowest BCUT2D eigenvalue weighted by atomic mass is 10.1. The molecule has 1 unspecified atom stereocenters. The van der Waals surface area contributed by atoms with Crippen LogP contribution in [0.2, 0.25) is 0 Å². The molecule has 0 heterocycles. The molecule has 9 heteroatoms. The van der Waals surface area contributed by atoms with Gasteiger partial charge in [-0.3, -0.25) is 14.9 Å². The molecule has 0 aromatic heterocycles. The second kappa shape index (κ2) is 6.73. The number of aliphatic carboxylic acids is 1. The predicted octanol–water partition coefficient (Wildman–Crippen LogP) is 1.74. The van der Waals surface area contributed by atoms with Crippen LogP contribution >= 0.6 is 0 Å². The molecule has 1 aromatic rings. The van der Waals surface area contributed by atoms with Crippen molar-refractivity contribution in [2.45, 2.75) is 25.8 Å². The standard InChI is InChI=1S/C12H12F2N2O5/c1-6-4-7(16(20)21)2-3-8(6)11(17)15-9(12(18)19)5-10(13)14/h2-4,9-10H,5H2,1H3,(H,15,17)(H,18,19). The highest BCUT2D eigenvalue weighted by atomic mass is 19.3. The predicted molar refractivity (Wildman–Crippen MR) is 67.3 cm³/mol. The highest BCUT2D eigenvalue weighted by molar-refractivity contribution is 5.98. The number of hydrogen-bond acceptors (Lipinski definition) is 4. The first-order valence-electron chi connectivity index (χ1n) is 5.79. The van der Waals surface area contributed by atoms with Crippen molar-refractivity contribution in [3.05, 3.63) is 39.4 Å². The summed E-state index contributed by atoms with van der Waals surface area (Å²) in [7, 11) is 0. The number of benzene rings is 1. The van der Waals surface area contributed by atoms with E-state index >= 15 is 0 Å². The highest BCUT2D eigenvalue weighted by Crippen LogP contribution is 2.17. The fourth-order valence-corrected chi connectivity index (χ4v) is 1.65. The Labute approximate surface area is 117 Å². The number of carboxylic acid groups (broad SMARTS) is 1. The first-order valence-corrected chi connectivity index (χ1v) is 5.79. The molecule has 0 bridgehead atoms. The van der Waals surface area contributed by atoms with Crippen molar-refractivity contribution in [2.75, 3.05) is 0 Å². The minimum absolute atomic E-state index is 0.0129. The van der Waals surface area contributed by atoms with Crippen LogP contribution in [0.5, 0.6) is 0 Å². The zero-order valence-electron chi connectivity index (χ0n) is 10.9. The Balaban J connectivity index is 2.92. The lowest BCUT2D eigenvalue weighted by Crippen LogP contribution is -2.42. The molecule has 0 aliphatic heterocycles. The summed E-state index contributed by atoms with van der Waals surface area (Å²) in [4.78, 5) is 32.6. The highest BCUT2D eigenvalue weighted by Gasteiger charge is 2.25. The summed E-state index contributed by atoms with van der Waals surface area (Å²) in [6.45, 7) is 1.42. The molecule has 21 heavy (non-hydrogen) atoms. The van der Waals surface area contributed by atoms with Gasteiger partial charge in [0, 0.05) is 24.1 Å². The minimum atomic E-state index is -2.88. The van der Waals surface area contributed by atoms with Gasteiger partial charge in [-0.1, -0.05) is 0 Å². The molecule has 2 N–H and O–H groups in total. The van der Waals surface area contributed by atoms with Crippen molar-refractivity contribution >= 4 is 17.6 Å². The van der Waals surface area contributed by atoms with Gasteiger partial charge in [0.1, 0.15) is 6.04 Å². The van der Waals surface area contributed by atoms with E-state index in [1.165, 1.54) is 6.92 Å². The summed E-state index contributed by atoms with van der Waals surface area (Å²) in [5, 5.41) is 21.3. The molecule has 0 saturated heterocycles. The molecule has 114 valence electrons. The van der Waals surface area contributed by atoms with Gasteiger partial charge in [0.15, 0.2) is 0 Å². The maximum absolute atomic E-state index is 12.2. The number of carboxylic acids is 1. The van der Waals surface area contributed by atoms with Crippen molar-refractivity contribution in [3.63, 3.8) is 0 Å². The third kappa shape index (κ3) is 4.48. The number of hydrogen-bond donors (Lipinski definition) is 2. The van der Waals surface area contributed by atoms with E-state index in [0.717, 1.165) is 18.2 Å².